The molecule has 1 fully saturated rings. The molecule has 1 aromatic carbocycles. The summed E-state index contributed by atoms with van der Waals surface area (Å²) in [7, 11) is 0. The summed E-state index contributed by atoms with van der Waals surface area (Å²) in [6.45, 7) is 4.47. The molecule has 2 amide bonds. The van der Waals surface area contributed by atoms with Gasteiger partial charge in [0.15, 0.2) is 12.0 Å². The van der Waals surface area contributed by atoms with Gasteiger partial charge >= 0.3 is 6.09 Å². The lowest BCUT2D eigenvalue weighted by molar-refractivity contribution is -0.133. The monoisotopic (exact) mass is 512 g/mol. The molecule has 2 aliphatic heterocycles. The van der Waals surface area contributed by atoms with Crippen LogP contribution in [-0.4, -0.2) is 65.4 Å². The topological polar surface area (TPSA) is 132 Å². The quantitative estimate of drug-likeness (QED) is 0.454. The first-order chi connectivity index (χ1) is 17.7. The fourth-order valence-electron chi connectivity index (χ4n) is 4.63. The summed E-state index contributed by atoms with van der Waals surface area (Å²) < 4.78 is 40.5. The van der Waals surface area contributed by atoms with E-state index in [1.807, 2.05) is 6.92 Å². The molecule has 37 heavy (non-hydrogen) atoms. The van der Waals surface area contributed by atoms with E-state index in [1.165, 1.54) is 30.3 Å². The molecule has 0 bridgehead atoms. The highest BCUT2D eigenvalue weighted by Crippen LogP contribution is 2.39. The summed E-state index contributed by atoms with van der Waals surface area (Å²) in [4.78, 5) is 33.7. The van der Waals surface area contributed by atoms with Crippen LogP contribution in [0.5, 0.6) is 5.88 Å². The van der Waals surface area contributed by atoms with Crippen LogP contribution in [0.4, 0.5) is 30.8 Å². The van der Waals surface area contributed by atoms with Crippen LogP contribution in [0.1, 0.15) is 18.9 Å². The minimum absolute atomic E-state index is 0.0899. The summed E-state index contributed by atoms with van der Waals surface area (Å²) in [5, 5.41) is 6.61. The molecule has 2 atom stereocenters. The van der Waals surface area contributed by atoms with Crippen LogP contribution in [0.2, 0.25) is 0 Å². The Bertz CT molecular complexity index is 1400. The fraction of sp³-hybridized carbons (Fsp3) is 0.360. The highest BCUT2D eigenvalue weighted by atomic mass is 19.1. The maximum atomic E-state index is 15.3. The maximum Gasteiger partial charge on any atom is 0.413 e. The Morgan fingerprint density at radius 1 is 1.27 bits per heavy atom. The van der Waals surface area contributed by atoms with Crippen LogP contribution >= 0.6 is 0 Å². The number of benzene rings is 1. The molecule has 2 aliphatic rings. The number of halogens is 2. The lowest BCUT2D eigenvalue weighted by Gasteiger charge is -2.33. The Morgan fingerprint density at radius 3 is 2.84 bits per heavy atom. The van der Waals surface area contributed by atoms with Gasteiger partial charge in [0, 0.05) is 55.3 Å². The van der Waals surface area contributed by atoms with Crippen LogP contribution in [-0.2, 0) is 9.53 Å². The highest BCUT2D eigenvalue weighted by Gasteiger charge is 2.33. The number of nitrogens with zero attached hydrogens (tertiary/aromatic N) is 3. The molecular weight excluding hydrogens is 486 g/mol. The molecule has 0 spiro atoms. The summed E-state index contributed by atoms with van der Waals surface area (Å²) >= 11 is 0. The van der Waals surface area contributed by atoms with E-state index < -0.39 is 24.2 Å². The zero-order valence-electron chi connectivity index (χ0n) is 20.3. The van der Waals surface area contributed by atoms with E-state index in [9.17, 15) is 14.0 Å². The van der Waals surface area contributed by atoms with Gasteiger partial charge in [-0.1, -0.05) is 0 Å². The number of hydrogen-bond donors (Lipinski definition) is 3. The van der Waals surface area contributed by atoms with Gasteiger partial charge in [0.1, 0.15) is 24.2 Å². The minimum Gasteiger partial charge on any atom is -0.474 e. The standard InChI is InChI=1S/C25H26F2N6O4/c1-12-16(9-31-24-23(12)29-4-6-36-24)15-7-14-8-20(30-10-17(14)22(28)21(15)27)32-25(35)37-19-3-5-33(13(2)34)11-18(19)26/h7-10,18-19,29H,3-6,11,28H2,1-2H3,(H,30,32,35)/t18-,19+/m0/s1. The van der Waals surface area contributed by atoms with Crippen LogP contribution in [0.3, 0.4) is 0 Å². The van der Waals surface area contributed by atoms with E-state index in [0.717, 1.165) is 5.56 Å². The molecule has 4 N–H and O–H groups in total. The number of piperidine rings is 1. The van der Waals surface area contributed by atoms with Gasteiger partial charge in [0.05, 0.1) is 12.2 Å². The van der Waals surface area contributed by atoms with Crippen molar-refractivity contribution in [3.05, 3.63) is 35.9 Å². The first-order valence-corrected chi connectivity index (χ1v) is 11.8. The van der Waals surface area contributed by atoms with Crippen molar-refractivity contribution in [2.75, 3.05) is 42.6 Å². The second kappa shape index (κ2) is 9.68. The van der Waals surface area contributed by atoms with Gasteiger partial charge in [-0.05, 0) is 30.0 Å². The van der Waals surface area contributed by atoms with Crippen molar-refractivity contribution in [2.24, 2.45) is 0 Å². The number of fused-ring (bicyclic) bond motifs is 2. The molecule has 0 aliphatic carbocycles. The molecule has 10 nitrogen and oxygen atoms in total. The van der Waals surface area contributed by atoms with Gasteiger partial charge in [0.25, 0.3) is 0 Å². The number of ether oxygens (including phenoxy) is 2. The van der Waals surface area contributed by atoms with Crippen molar-refractivity contribution in [1.29, 1.82) is 0 Å². The normalized spacial score (nSPS) is 19.0. The maximum absolute atomic E-state index is 15.3. The van der Waals surface area contributed by atoms with Crippen LogP contribution in [0.15, 0.2) is 24.5 Å². The average molecular weight is 513 g/mol. The first kappa shape index (κ1) is 24.5. The van der Waals surface area contributed by atoms with E-state index in [0.29, 0.717) is 47.6 Å². The number of anilines is 3. The number of nitrogens with two attached hydrogens (primary N) is 1. The Kier molecular flexibility index (Phi) is 6.40. The minimum atomic E-state index is -1.49. The van der Waals surface area contributed by atoms with Gasteiger partial charge < -0.3 is 25.4 Å². The van der Waals surface area contributed by atoms with Gasteiger partial charge in [-0.15, -0.1) is 0 Å². The molecule has 12 heteroatoms. The fourth-order valence-corrected chi connectivity index (χ4v) is 4.63. The Hall–Kier alpha value is -4.22. The second-order valence-corrected chi connectivity index (χ2v) is 9.03. The van der Waals surface area contributed by atoms with E-state index in [-0.39, 0.29) is 35.9 Å². The van der Waals surface area contributed by atoms with E-state index >= 15 is 4.39 Å². The molecule has 0 saturated carbocycles. The predicted molar refractivity (Wildman–Crippen MR) is 134 cm³/mol. The Morgan fingerprint density at radius 2 is 2.08 bits per heavy atom. The van der Waals surface area contributed by atoms with Crippen molar-refractivity contribution in [3.63, 3.8) is 0 Å². The number of nitrogen functional groups attached to an aromatic ring is 1. The molecule has 2 aromatic heterocycles. The average Bonchev–Trinajstić information content (AvgIpc) is 2.88. The second-order valence-electron chi connectivity index (χ2n) is 9.03. The van der Waals surface area contributed by atoms with Crippen molar-refractivity contribution >= 4 is 40.0 Å². The van der Waals surface area contributed by atoms with E-state index in [1.54, 1.807) is 6.07 Å². The number of carbonyl (C=O) groups excluding carboxylic acids is 2. The third kappa shape index (κ3) is 4.66. The van der Waals surface area contributed by atoms with Gasteiger partial charge in [-0.25, -0.2) is 23.5 Å². The molecule has 3 aromatic rings. The van der Waals surface area contributed by atoms with Crippen molar-refractivity contribution in [3.8, 4) is 17.0 Å². The predicted octanol–water partition coefficient (Wildman–Crippen LogP) is 3.64. The Labute approximate surface area is 211 Å². The highest BCUT2D eigenvalue weighted by molar-refractivity contribution is 5.99. The Balaban J connectivity index is 1.39. The van der Waals surface area contributed by atoms with Gasteiger partial charge in [-0.3, -0.25) is 10.1 Å². The van der Waals surface area contributed by atoms with Gasteiger partial charge in [-0.2, -0.15) is 0 Å². The summed E-state index contributed by atoms with van der Waals surface area (Å²) in [6, 6.07) is 3.14. The van der Waals surface area contributed by atoms with E-state index in [4.69, 9.17) is 15.2 Å². The largest absolute Gasteiger partial charge is 0.474 e. The smallest absolute Gasteiger partial charge is 0.413 e. The number of aromatic nitrogens is 2. The number of pyridine rings is 2. The number of rotatable bonds is 3. The third-order valence-electron chi connectivity index (χ3n) is 6.65. The van der Waals surface area contributed by atoms with Crippen LogP contribution < -0.4 is 21.1 Å². The summed E-state index contributed by atoms with van der Waals surface area (Å²) in [5.41, 5.74) is 8.25. The summed E-state index contributed by atoms with van der Waals surface area (Å²) in [5.74, 6) is -0.256. The zero-order chi connectivity index (χ0) is 26.3. The number of hydrogen-bond acceptors (Lipinski definition) is 8. The first-order valence-electron chi connectivity index (χ1n) is 11.8. The molecule has 194 valence electrons. The zero-order valence-corrected chi connectivity index (χ0v) is 20.3. The summed E-state index contributed by atoms with van der Waals surface area (Å²) in [6.07, 6.45) is -0.285. The van der Waals surface area contributed by atoms with Crippen molar-refractivity contribution in [2.45, 2.75) is 32.5 Å². The third-order valence-corrected chi connectivity index (χ3v) is 6.65. The van der Waals surface area contributed by atoms with Crippen LogP contribution in [0.25, 0.3) is 21.9 Å². The molecular formula is C25H26F2N6O4. The lowest BCUT2D eigenvalue weighted by Crippen LogP contribution is -2.48. The lowest BCUT2D eigenvalue weighted by atomic mass is 9.97. The molecule has 0 radical (unpaired) electrons. The molecule has 0 unspecified atom stereocenters. The molecule has 5 rings (SSSR count). The number of carbonyl (C=O) groups is 2. The number of amides is 2. The number of nitrogens with one attached hydrogen (secondary N) is 2. The van der Waals surface area contributed by atoms with Crippen LogP contribution in [0, 0.1) is 12.7 Å². The van der Waals surface area contributed by atoms with E-state index in [2.05, 4.69) is 20.6 Å². The van der Waals surface area contributed by atoms with Crippen molar-refractivity contribution < 1.29 is 27.8 Å². The molecule has 1 saturated heterocycles. The molecule has 4 heterocycles. The van der Waals surface area contributed by atoms with Gasteiger partial charge in [0.2, 0.25) is 11.8 Å². The van der Waals surface area contributed by atoms with Crippen molar-refractivity contribution in [1.82, 2.24) is 14.9 Å². The number of likely N-dealkylation sites (tertiary alicyclic amines) is 1. The number of alkyl halides is 1. The SMILES string of the molecule is CC(=O)N1CC[C@@H](OC(=O)Nc2cc3cc(-c4cnc5c(c4C)NCCO5)c(F)c(N)c3cn2)[C@@H](F)C1.